The molecular weight excluding hydrogens is 298 g/mol. The molecule has 124 valence electrons. The Hall–Kier alpha value is -1.17. The molecule has 0 atom stereocenters. The van der Waals surface area contributed by atoms with Gasteiger partial charge in [0, 0.05) is 6.04 Å². The van der Waals surface area contributed by atoms with E-state index in [4.69, 9.17) is 10.3 Å². The number of allylic oxidation sites excluding steroid dienone is 2. The zero-order valence-electron chi connectivity index (χ0n) is 13.4. The van der Waals surface area contributed by atoms with Gasteiger partial charge < -0.3 is 5.73 Å². The monoisotopic (exact) mass is 325 g/mol. The summed E-state index contributed by atoms with van der Waals surface area (Å²) in [5.74, 6) is 0.828. The van der Waals surface area contributed by atoms with Crippen molar-refractivity contribution in [3.05, 3.63) is 42.0 Å². The van der Waals surface area contributed by atoms with Crippen molar-refractivity contribution in [1.29, 1.82) is 0 Å². The molecule has 0 aliphatic heterocycles. The lowest BCUT2D eigenvalue weighted by molar-refractivity contribution is 0.375. The second-order valence-corrected chi connectivity index (χ2v) is 7.22. The van der Waals surface area contributed by atoms with Gasteiger partial charge in [0.25, 0.3) is 10.1 Å². The average Bonchev–Trinajstić information content (AvgIpc) is 2.47. The second-order valence-electron chi connectivity index (χ2n) is 5.80. The van der Waals surface area contributed by atoms with Gasteiger partial charge in [-0.15, -0.1) is 0 Å². The minimum absolute atomic E-state index is 0.0666. The summed E-state index contributed by atoms with van der Waals surface area (Å²) in [5.41, 5.74) is 6.76. The van der Waals surface area contributed by atoms with E-state index in [-0.39, 0.29) is 4.90 Å². The van der Waals surface area contributed by atoms with Crippen molar-refractivity contribution in [2.45, 2.75) is 56.9 Å². The number of hydrogen-bond donors (Lipinski definition) is 2. The van der Waals surface area contributed by atoms with Crippen molar-refractivity contribution in [3.63, 3.8) is 0 Å². The molecular formula is C17H27NO3S. The third-order valence-corrected chi connectivity index (χ3v) is 4.65. The molecule has 4 nitrogen and oxygen atoms in total. The molecule has 1 fully saturated rings. The van der Waals surface area contributed by atoms with E-state index in [1.165, 1.54) is 44.2 Å². The number of hydrogen-bond acceptors (Lipinski definition) is 3. The smallest absolute Gasteiger partial charge is 0.294 e. The Bertz CT molecular complexity index is 556. The summed E-state index contributed by atoms with van der Waals surface area (Å²) in [6.45, 7) is 4.03. The van der Waals surface area contributed by atoms with E-state index in [2.05, 4.69) is 19.1 Å². The predicted octanol–water partition coefficient (Wildman–Crippen LogP) is 3.71. The van der Waals surface area contributed by atoms with Crippen LogP contribution in [0.5, 0.6) is 0 Å². The van der Waals surface area contributed by atoms with E-state index in [9.17, 15) is 8.42 Å². The van der Waals surface area contributed by atoms with Crippen molar-refractivity contribution in [2.75, 3.05) is 0 Å². The molecule has 3 N–H and O–H groups in total. The van der Waals surface area contributed by atoms with Gasteiger partial charge in [0.2, 0.25) is 0 Å². The highest BCUT2D eigenvalue weighted by Crippen LogP contribution is 2.24. The summed E-state index contributed by atoms with van der Waals surface area (Å²) in [5, 5.41) is 0. The van der Waals surface area contributed by atoms with Gasteiger partial charge in [-0.1, -0.05) is 36.8 Å². The summed E-state index contributed by atoms with van der Waals surface area (Å²) < 4.78 is 29.6. The molecule has 0 amide bonds. The van der Waals surface area contributed by atoms with Gasteiger partial charge in [-0.05, 0) is 57.1 Å². The summed E-state index contributed by atoms with van der Waals surface area (Å²) >= 11 is 0. The summed E-state index contributed by atoms with van der Waals surface area (Å²) in [6.07, 6.45) is 10.9. The zero-order valence-corrected chi connectivity index (χ0v) is 14.2. The summed E-state index contributed by atoms with van der Waals surface area (Å²) in [4.78, 5) is -0.0666. The number of benzene rings is 1. The Morgan fingerprint density at radius 1 is 1.18 bits per heavy atom. The molecule has 0 unspecified atom stereocenters. The molecule has 0 aromatic heterocycles. The van der Waals surface area contributed by atoms with Crippen molar-refractivity contribution in [1.82, 2.24) is 0 Å². The van der Waals surface area contributed by atoms with Crippen LogP contribution in [0.4, 0.5) is 0 Å². The maximum Gasteiger partial charge on any atom is 0.294 e. The molecule has 0 heterocycles. The molecule has 1 aromatic rings. The molecule has 0 spiro atoms. The van der Waals surface area contributed by atoms with Gasteiger partial charge in [0.15, 0.2) is 0 Å². The predicted molar refractivity (Wildman–Crippen MR) is 90.4 cm³/mol. The van der Waals surface area contributed by atoms with Gasteiger partial charge in [0.05, 0.1) is 4.90 Å². The minimum atomic E-state index is -4.02. The van der Waals surface area contributed by atoms with Gasteiger partial charge >= 0.3 is 0 Å². The average molecular weight is 325 g/mol. The van der Waals surface area contributed by atoms with E-state index in [1.54, 1.807) is 12.1 Å². The first-order chi connectivity index (χ1) is 10.3. The lowest BCUT2D eigenvalue weighted by Gasteiger charge is -2.23. The third kappa shape index (κ3) is 7.20. The first-order valence-electron chi connectivity index (χ1n) is 7.79. The first-order valence-corrected chi connectivity index (χ1v) is 9.23. The molecule has 22 heavy (non-hydrogen) atoms. The Morgan fingerprint density at radius 2 is 1.73 bits per heavy atom. The molecule has 5 heteroatoms. The van der Waals surface area contributed by atoms with Crippen LogP contribution in [0, 0.1) is 12.8 Å². The molecule has 1 saturated carbocycles. The van der Waals surface area contributed by atoms with E-state index >= 15 is 0 Å². The summed E-state index contributed by atoms with van der Waals surface area (Å²) in [7, 11) is -4.02. The van der Waals surface area contributed by atoms with Gasteiger partial charge in [0.1, 0.15) is 0 Å². The fourth-order valence-electron chi connectivity index (χ4n) is 2.38. The van der Waals surface area contributed by atoms with Crippen molar-refractivity contribution >= 4 is 10.1 Å². The van der Waals surface area contributed by atoms with Crippen LogP contribution >= 0.6 is 0 Å². The SMILES string of the molecule is CCC=C[C@H]1CC[C@@H](N)CC1.Cc1ccc(S(=O)(=O)O)cc1. The van der Waals surface area contributed by atoms with Crippen LogP contribution in [0.2, 0.25) is 0 Å². The van der Waals surface area contributed by atoms with Gasteiger partial charge in [-0.2, -0.15) is 8.42 Å². The van der Waals surface area contributed by atoms with Crippen LogP contribution in [-0.2, 0) is 10.1 Å². The highest BCUT2D eigenvalue weighted by Gasteiger charge is 2.15. The lowest BCUT2D eigenvalue weighted by atomic mass is 9.86. The number of rotatable bonds is 3. The highest BCUT2D eigenvalue weighted by atomic mass is 32.2. The third-order valence-electron chi connectivity index (χ3n) is 3.78. The van der Waals surface area contributed by atoms with Crippen LogP contribution < -0.4 is 5.73 Å². The Balaban J connectivity index is 0.000000220. The molecule has 1 aromatic carbocycles. The van der Waals surface area contributed by atoms with Crippen molar-refractivity contribution in [2.24, 2.45) is 11.7 Å². The largest absolute Gasteiger partial charge is 0.328 e. The maximum absolute atomic E-state index is 10.5. The van der Waals surface area contributed by atoms with Crippen LogP contribution in [0.3, 0.4) is 0 Å². The molecule has 1 aliphatic rings. The van der Waals surface area contributed by atoms with Crippen LogP contribution in [0.25, 0.3) is 0 Å². The molecule has 1 aliphatic carbocycles. The van der Waals surface area contributed by atoms with Gasteiger partial charge in [-0.25, -0.2) is 0 Å². The molecule has 2 rings (SSSR count). The Kier molecular flexibility index (Phi) is 7.79. The normalized spacial score (nSPS) is 22.2. The van der Waals surface area contributed by atoms with Crippen LogP contribution in [0.1, 0.15) is 44.6 Å². The van der Waals surface area contributed by atoms with Crippen molar-refractivity contribution < 1.29 is 13.0 Å². The fourth-order valence-corrected chi connectivity index (χ4v) is 2.86. The summed E-state index contributed by atoms with van der Waals surface area (Å²) in [6, 6.07) is 6.47. The fraction of sp³-hybridized carbons (Fsp3) is 0.529. The van der Waals surface area contributed by atoms with E-state index in [1.807, 2.05) is 6.92 Å². The lowest BCUT2D eigenvalue weighted by Crippen LogP contribution is -2.25. The van der Waals surface area contributed by atoms with E-state index in [0.29, 0.717) is 6.04 Å². The Morgan fingerprint density at radius 3 is 2.18 bits per heavy atom. The maximum atomic E-state index is 10.5. The van der Waals surface area contributed by atoms with E-state index < -0.39 is 10.1 Å². The number of aryl methyl sites for hydroxylation is 1. The topological polar surface area (TPSA) is 80.4 Å². The van der Waals surface area contributed by atoms with Crippen molar-refractivity contribution in [3.8, 4) is 0 Å². The first kappa shape index (κ1) is 18.9. The number of nitrogens with two attached hydrogens (primary N) is 1. The second kappa shape index (κ2) is 9.08. The highest BCUT2D eigenvalue weighted by molar-refractivity contribution is 7.85. The van der Waals surface area contributed by atoms with Crippen LogP contribution in [-0.4, -0.2) is 19.0 Å². The molecule has 0 saturated heterocycles. The standard InChI is InChI=1S/C10H19N.C7H8O3S/c1-2-3-4-9-5-7-10(11)8-6-9;1-6-2-4-7(5-3-6)11(8,9)10/h3-4,9-10H,2,5-8,11H2,1H3;2-5H,1H3,(H,8,9,10)/t9-,10+;. The molecule has 0 radical (unpaired) electrons. The quantitative estimate of drug-likeness (QED) is 0.656. The zero-order chi connectivity index (χ0) is 16.6. The Labute approximate surface area is 134 Å². The minimum Gasteiger partial charge on any atom is -0.328 e. The molecule has 0 bridgehead atoms. The van der Waals surface area contributed by atoms with Gasteiger partial charge in [-0.3, -0.25) is 4.55 Å². The van der Waals surface area contributed by atoms with Crippen LogP contribution in [0.15, 0.2) is 41.3 Å². The van der Waals surface area contributed by atoms with E-state index in [0.717, 1.165) is 11.5 Å².